The van der Waals surface area contributed by atoms with E-state index in [1.165, 1.54) is 0 Å². The molecule has 1 N–H and O–H groups in total. The van der Waals surface area contributed by atoms with E-state index in [0.29, 0.717) is 28.6 Å². The van der Waals surface area contributed by atoms with Crippen LogP contribution in [0.4, 0.5) is 0 Å². The first-order chi connectivity index (χ1) is 10.1. The second-order valence-electron chi connectivity index (χ2n) is 4.62. The Labute approximate surface area is 126 Å². The lowest BCUT2D eigenvalue weighted by atomic mass is 10.3. The Morgan fingerprint density at radius 3 is 3.00 bits per heavy atom. The Morgan fingerprint density at radius 1 is 1.38 bits per heavy atom. The van der Waals surface area contributed by atoms with Crippen molar-refractivity contribution in [2.75, 3.05) is 0 Å². The van der Waals surface area contributed by atoms with E-state index in [2.05, 4.69) is 15.3 Å². The maximum Gasteiger partial charge on any atom is 0.270 e. The molecule has 0 atom stereocenters. The maximum atomic E-state index is 12.4. The summed E-state index contributed by atoms with van der Waals surface area (Å²) in [5.74, 6) is -0.187. The first kappa shape index (κ1) is 13.6. The molecular formula is C15H13ClN4O. The predicted octanol–water partition coefficient (Wildman–Crippen LogP) is 2.62. The quantitative estimate of drug-likeness (QED) is 0.809. The van der Waals surface area contributed by atoms with Gasteiger partial charge in [0.25, 0.3) is 5.91 Å². The molecule has 0 spiro atoms. The average Bonchev–Trinajstić information content (AvgIpc) is 2.81. The summed E-state index contributed by atoms with van der Waals surface area (Å²) in [5.41, 5.74) is 2.64. The van der Waals surface area contributed by atoms with E-state index < -0.39 is 0 Å². The van der Waals surface area contributed by atoms with Gasteiger partial charge in [0.15, 0.2) is 0 Å². The molecule has 0 radical (unpaired) electrons. The Kier molecular flexibility index (Phi) is 3.58. The van der Waals surface area contributed by atoms with Gasteiger partial charge in [-0.3, -0.25) is 14.2 Å². The van der Waals surface area contributed by atoms with Gasteiger partial charge in [0.1, 0.15) is 11.3 Å². The molecule has 3 aromatic rings. The molecule has 5 nitrogen and oxygen atoms in total. The third-order valence-electron chi connectivity index (χ3n) is 3.13. The largest absolute Gasteiger partial charge is 0.345 e. The molecule has 0 saturated heterocycles. The molecule has 21 heavy (non-hydrogen) atoms. The number of pyridine rings is 2. The fourth-order valence-electron chi connectivity index (χ4n) is 2.17. The number of imidazole rings is 1. The molecule has 3 aromatic heterocycles. The normalized spacial score (nSPS) is 10.8. The lowest BCUT2D eigenvalue weighted by Gasteiger charge is -2.05. The van der Waals surface area contributed by atoms with Gasteiger partial charge in [-0.1, -0.05) is 17.7 Å². The van der Waals surface area contributed by atoms with Crippen LogP contribution in [0.3, 0.4) is 0 Å². The second-order valence-corrected chi connectivity index (χ2v) is 5.06. The summed E-state index contributed by atoms with van der Waals surface area (Å²) in [6.07, 6.45) is 3.44. The van der Waals surface area contributed by atoms with Crippen molar-refractivity contribution < 1.29 is 4.79 Å². The number of carbonyl (C=O) groups is 1. The standard InChI is InChI=1S/C15H13ClN4O/c1-10-14(20-7-5-11(16)8-13(20)19-10)15(21)18-9-12-4-2-3-6-17-12/h2-8H,9H2,1H3,(H,18,21). The van der Waals surface area contributed by atoms with Crippen molar-refractivity contribution in [2.45, 2.75) is 13.5 Å². The highest BCUT2D eigenvalue weighted by Crippen LogP contribution is 2.16. The lowest BCUT2D eigenvalue weighted by molar-refractivity contribution is 0.0944. The zero-order chi connectivity index (χ0) is 14.8. The van der Waals surface area contributed by atoms with Gasteiger partial charge < -0.3 is 5.32 Å². The summed E-state index contributed by atoms with van der Waals surface area (Å²) in [5, 5.41) is 3.44. The number of nitrogens with one attached hydrogen (secondary N) is 1. The van der Waals surface area contributed by atoms with Crippen molar-refractivity contribution in [3.05, 3.63) is 64.8 Å². The molecule has 0 unspecified atom stereocenters. The van der Waals surface area contributed by atoms with Crippen LogP contribution in [0, 0.1) is 6.92 Å². The van der Waals surface area contributed by atoms with Crippen molar-refractivity contribution in [1.29, 1.82) is 0 Å². The first-order valence-electron chi connectivity index (χ1n) is 6.47. The molecule has 0 bridgehead atoms. The summed E-state index contributed by atoms with van der Waals surface area (Å²) in [4.78, 5) is 20.9. The van der Waals surface area contributed by atoms with Gasteiger partial charge >= 0.3 is 0 Å². The van der Waals surface area contributed by atoms with Crippen molar-refractivity contribution in [3.63, 3.8) is 0 Å². The smallest absolute Gasteiger partial charge is 0.270 e. The van der Waals surface area contributed by atoms with E-state index >= 15 is 0 Å². The monoisotopic (exact) mass is 300 g/mol. The molecule has 106 valence electrons. The van der Waals surface area contributed by atoms with Crippen LogP contribution in [0.2, 0.25) is 5.02 Å². The van der Waals surface area contributed by atoms with Gasteiger partial charge in [-0.05, 0) is 25.1 Å². The summed E-state index contributed by atoms with van der Waals surface area (Å²) in [6, 6.07) is 9.04. The minimum atomic E-state index is -0.187. The van der Waals surface area contributed by atoms with Gasteiger partial charge in [-0.25, -0.2) is 4.98 Å². The third kappa shape index (κ3) is 2.73. The first-order valence-corrected chi connectivity index (χ1v) is 6.85. The Balaban J connectivity index is 1.86. The third-order valence-corrected chi connectivity index (χ3v) is 3.37. The van der Waals surface area contributed by atoms with Crippen molar-refractivity contribution >= 4 is 23.2 Å². The number of hydrogen-bond acceptors (Lipinski definition) is 3. The summed E-state index contributed by atoms with van der Waals surface area (Å²) >= 11 is 5.94. The number of nitrogens with zero attached hydrogens (tertiary/aromatic N) is 3. The van der Waals surface area contributed by atoms with Gasteiger partial charge in [-0.2, -0.15) is 0 Å². The van der Waals surface area contributed by atoms with Crippen LogP contribution < -0.4 is 5.32 Å². The molecule has 3 rings (SSSR count). The van der Waals surface area contributed by atoms with E-state index in [-0.39, 0.29) is 5.91 Å². The topological polar surface area (TPSA) is 59.3 Å². The van der Waals surface area contributed by atoms with Crippen LogP contribution in [0.25, 0.3) is 5.65 Å². The van der Waals surface area contributed by atoms with Crippen LogP contribution in [-0.4, -0.2) is 20.3 Å². The summed E-state index contributed by atoms with van der Waals surface area (Å²) < 4.78 is 1.73. The van der Waals surface area contributed by atoms with Gasteiger partial charge in [0.2, 0.25) is 0 Å². The van der Waals surface area contributed by atoms with E-state index in [0.717, 1.165) is 5.69 Å². The van der Waals surface area contributed by atoms with Gasteiger partial charge in [0, 0.05) is 23.5 Å². The fourth-order valence-corrected chi connectivity index (χ4v) is 2.32. The number of carbonyl (C=O) groups excluding carboxylic acids is 1. The molecule has 0 fully saturated rings. The maximum absolute atomic E-state index is 12.4. The van der Waals surface area contributed by atoms with E-state index in [4.69, 9.17) is 11.6 Å². The van der Waals surface area contributed by atoms with Crippen LogP contribution in [0.5, 0.6) is 0 Å². The van der Waals surface area contributed by atoms with Crippen LogP contribution in [0.1, 0.15) is 21.9 Å². The van der Waals surface area contributed by atoms with E-state index in [9.17, 15) is 4.79 Å². The zero-order valence-corrected chi connectivity index (χ0v) is 12.1. The summed E-state index contributed by atoms with van der Waals surface area (Å²) in [6.45, 7) is 2.18. The highest BCUT2D eigenvalue weighted by atomic mass is 35.5. The van der Waals surface area contributed by atoms with Crippen LogP contribution >= 0.6 is 11.6 Å². The molecule has 0 saturated carbocycles. The molecule has 0 aliphatic rings. The Morgan fingerprint density at radius 2 is 2.24 bits per heavy atom. The Hall–Kier alpha value is -2.40. The van der Waals surface area contributed by atoms with Gasteiger partial charge in [-0.15, -0.1) is 0 Å². The highest BCUT2D eigenvalue weighted by Gasteiger charge is 2.16. The number of fused-ring (bicyclic) bond motifs is 1. The minimum Gasteiger partial charge on any atom is -0.345 e. The number of aryl methyl sites for hydroxylation is 1. The second kappa shape index (κ2) is 5.54. The van der Waals surface area contributed by atoms with Crippen molar-refractivity contribution in [3.8, 4) is 0 Å². The molecular weight excluding hydrogens is 288 g/mol. The zero-order valence-electron chi connectivity index (χ0n) is 11.4. The lowest BCUT2D eigenvalue weighted by Crippen LogP contribution is -2.25. The molecule has 6 heteroatoms. The molecule has 0 aromatic carbocycles. The summed E-state index contributed by atoms with van der Waals surface area (Å²) in [7, 11) is 0. The number of hydrogen-bond donors (Lipinski definition) is 1. The predicted molar refractivity (Wildman–Crippen MR) is 80.3 cm³/mol. The molecule has 1 amide bonds. The highest BCUT2D eigenvalue weighted by molar-refractivity contribution is 6.30. The van der Waals surface area contributed by atoms with Crippen LogP contribution in [-0.2, 0) is 6.54 Å². The average molecular weight is 301 g/mol. The number of halogens is 1. The molecule has 0 aliphatic heterocycles. The van der Waals surface area contributed by atoms with Gasteiger partial charge in [0.05, 0.1) is 17.9 Å². The SMILES string of the molecule is Cc1nc2cc(Cl)ccn2c1C(=O)NCc1ccccn1. The minimum absolute atomic E-state index is 0.187. The molecule has 0 aliphatic carbocycles. The fraction of sp³-hybridized carbons (Fsp3) is 0.133. The van der Waals surface area contributed by atoms with E-state index in [1.807, 2.05) is 18.2 Å². The number of rotatable bonds is 3. The number of amides is 1. The van der Waals surface area contributed by atoms with Crippen LogP contribution in [0.15, 0.2) is 42.7 Å². The van der Waals surface area contributed by atoms with Crippen molar-refractivity contribution in [1.82, 2.24) is 19.7 Å². The number of aromatic nitrogens is 3. The molecule has 3 heterocycles. The van der Waals surface area contributed by atoms with Crippen molar-refractivity contribution in [2.24, 2.45) is 0 Å². The van der Waals surface area contributed by atoms with E-state index in [1.54, 1.807) is 35.9 Å². The Bertz CT molecular complexity index is 798.